The van der Waals surface area contributed by atoms with E-state index in [-0.39, 0.29) is 6.61 Å². The number of aromatic nitrogens is 2. The zero-order chi connectivity index (χ0) is 9.68. The van der Waals surface area contributed by atoms with Crippen LogP contribution in [0, 0.1) is 13.8 Å². The standard InChI is InChI=1S/C9H15N3O/c1-7-6-8(2)12-9(11-7)10-4-3-5-13/h6,13H,3-5H2,1-2H3,(H,10,11,12). The highest BCUT2D eigenvalue weighted by molar-refractivity contribution is 5.27. The summed E-state index contributed by atoms with van der Waals surface area (Å²) in [5.74, 6) is 0.644. The predicted molar refractivity (Wildman–Crippen MR) is 51.7 cm³/mol. The highest BCUT2D eigenvalue weighted by Crippen LogP contribution is 2.03. The SMILES string of the molecule is Cc1cc(C)nc(NCCCO)n1. The molecule has 2 N–H and O–H groups in total. The maximum atomic E-state index is 8.57. The Balaban J connectivity index is 2.56. The van der Waals surface area contributed by atoms with Crippen molar-refractivity contribution >= 4 is 5.95 Å². The summed E-state index contributed by atoms with van der Waals surface area (Å²) < 4.78 is 0. The van der Waals surface area contributed by atoms with Crippen molar-refractivity contribution in [2.75, 3.05) is 18.5 Å². The fourth-order valence-electron chi connectivity index (χ4n) is 1.08. The summed E-state index contributed by atoms with van der Waals surface area (Å²) >= 11 is 0. The second-order valence-corrected chi connectivity index (χ2v) is 2.98. The van der Waals surface area contributed by atoms with E-state index in [1.165, 1.54) is 0 Å². The fourth-order valence-corrected chi connectivity index (χ4v) is 1.08. The minimum Gasteiger partial charge on any atom is -0.396 e. The number of hydrogen-bond donors (Lipinski definition) is 2. The lowest BCUT2D eigenvalue weighted by Crippen LogP contribution is -2.07. The molecule has 0 saturated carbocycles. The van der Waals surface area contributed by atoms with Crippen LogP contribution in [0.5, 0.6) is 0 Å². The Morgan fingerprint density at radius 2 is 1.92 bits per heavy atom. The van der Waals surface area contributed by atoms with Crippen molar-refractivity contribution in [3.8, 4) is 0 Å². The molecule has 0 unspecified atom stereocenters. The van der Waals surface area contributed by atoms with Gasteiger partial charge in [0, 0.05) is 24.5 Å². The topological polar surface area (TPSA) is 58.0 Å². The van der Waals surface area contributed by atoms with Crippen LogP contribution in [0.4, 0.5) is 5.95 Å². The Hall–Kier alpha value is -1.16. The van der Waals surface area contributed by atoms with E-state index in [0.717, 1.165) is 17.8 Å². The van der Waals surface area contributed by atoms with Crippen LogP contribution in [0.1, 0.15) is 17.8 Å². The predicted octanol–water partition coefficient (Wildman–Crippen LogP) is 0.888. The van der Waals surface area contributed by atoms with Gasteiger partial charge in [-0.2, -0.15) is 0 Å². The highest BCUT2D eigenvalue weighted by atomic mass is 16.3. The number of aliphatic hydroxyl groups is 1. The van der Waals surface area contributed by atoms with Crippen LogP contribution in [-0.4, -0.2) is 28.2 Å². The molecule has 0 spiro atoms. The molecule has 0 bridgehead atoms. The van der Waals surface area contributed by atoms with Crippen LogP contribution in [0.2, 0.25) is 0 Å². The lowest BCUT2D eigenvalue weighted by Gasteiger charge is -2.04. The van der Waals surface area contributed by atoms with E-state index in [4.69, 9.17) is 5.11 Å². The molecule has 0 aliphatic rings. The number of nitrogens with zero attached hydrogens (tertiary/aromatic N) is 2. The second-order valence-electron chi connectivity index (χ2n) is 2.98. The van der Waals surface area contributed by atoms with Crippen molar-refractivity contribution in [1.82, 2.24) is 9.97 Å². The first-order valence-corrected chi connectivity index (χ1v) is 4.39. The average molecular weight is 181 g/mol. The molecule has 1 aromatic heterocycles. The average Bonchev–Trinajstić information content (AvgIpc) is 2.03. The smallest absolute Gasteiger partial charge is 0.223 e. The summed E-state index contributed by atoms with van der Waals surface area (Å²) in [5, 5.41) is 11.6. The molecule has 0 fully saturated rings. The van der Waals surface area contributed by atoms with Gasteiger partial charge in [0.15, 0.2) is 0 Å². The number of aliphatic hydroxyl groups excluding tert-OH is 1. The van der Waals surface area contributed by atoms with Gasteiger partial charge < -0.3 is 10.4 Å². The molecule has 1 aromatic rings. The van der Waals surface area contributed by atoms with Crippen molar-refractivity contribution in [3.05, 3.63) is 17.5 Å². The first-order valence-electron chi connectivity index (χ1n) is 4.39. The minimum absolute atomic E-state index is 0.192. The number of aryl methyl sites for hydroxylation is 2. The van der Waals surface area contributed by atoms with E-state index in [1.54, 1.807) is 0 Å². The van der Waals surface area contributed by atoms with E-state index < -0.39 is 0 Å². The van der Waals surface area contributed by atoms with E-state index in [2.05, 4.69) is 15.3 Å². The Morgan fingerprint density at radius 1 is 1.31 bits per heavy atom. The van der Waals surface area contributed by atoms with Gasteiger partial charge in [-0.15, -0.1) is 0 Å². The van der Waals surface area contributed by atoms with Crippen LogP contribution < -0.4 is 5.32 Å². The van der Waals surface area contributed by atoms with Crippen LogP contribution >= 0.6 is 0 Å². The summed E-state index contributed by atoms with van der Waals surface area (Å²) in [6, 6.07) is 1.93. The number of anilines is 1. The van der Waals surface area contributed by atoms with Gasteiger partial charge in [-0.05, 0) is 26.3 Å². The molecule has 13 heavy (non-hydrogen) atoms. The minimum atomic E-state index is 0.192. The third-order valence-electron chi connectivity index (χ3n) is 1.60. The third-order valence-corrected chi connectivity index (χ3v) is 1.60. The Bertz CT molecular complexity index is 255. The monoisotopic (exact) mass is 181 g/mol. The van der Waals surface area contributed by atoms with Crippen molar-refractivity contribution in [1.29, 1.82) is 0 Å². The second kappa shape index (κ2) is 4.77. The van der Waals surface area contributed by atoms with Gasteiger partial charge in [-0.3, -0.25) is 0 Å². The molecule has 0 atom stereocenters. The normalized spacial score (nSPS) is 10.1. The molecule has 72 valence electrons. The third kappa shape index (κ3) is 3.38. The van der Waals surface area contributed by atoms with E-state index >= 15 is 0 Å². The molecular weight excluding hydrogens is 166 g/mol. The van der Waals surface area contributed by atoms with Crippen molar-refractivity contribution in [3.63, 3.8) is 0 Å². The van der Waals surface area contributed by atoms with Crippen LogP contribution in [0.3, 0.4) is 0 Å². The quantitative estimate of drug-likeness (QED) is 0.677. The zero-order valence-electron chi connectivity index (χ0n) is 8.04. The first-order chi connectivity index (χ1) is 6.22. The maximum absolute atomic E-state index is 8.57. The van der Waals surface area contributed by atoms with Gasteiger partial charge >= 0.3 is 0 Å². The van der Waals surface area contributed by atoms with Gasteiger partial charge in [0.1, 0.15) is 0 Å². The molecule has 0 aliphatic heterocycles. The Morgan fingerprint density at radius 3 is 2.46 bits per heavy atom. The van der Waals surface area contributed by atoms with Crippen molar-refractivity contribution in [2.24, 2.45) is 0 Å². The van der Waals surface area contributed by atoms with Gasteiger partial charge in [-0.1, -0.05) is 0 Å². The van der Waals surface area contributed by atoms with E-state index in [1.807, 2.05) is 19.9 Å². The van der Waals surface area contributed by atoms with Crippen molar-refractivity contribution < 1.29 is 5.11 Å². The molecule has 0 amide bonds. The molecular formula is C9H15N3O. The van der Waals surface area contributed by atoms with Gasteiger partial charge in [0.2, 0.25) is 5.95 Å². The summed E-state index contributed by atoms with van der Waals surface area (Å²) in [6.45, 7) is 4.77. The molecule has 0 saturated heterocycles. The Kier molecular flexibility index (Phi) is 3.64. The van der Waals surface area contributed by atoms with Gasteiger partial charge in [0.25, 0.3) is 0 Å². The molecule has 1 heterocycles. The summed E-state index contributed by atoms with van der Waals surface area (Å²) in [4.78, 5) is 8.40. The molecule has 0 aliphatic carbocycles. The molecule has 0 radical (unpaired) electrons. The number of nitrogens with one attached hydrogen (secondary N) is 1. The van der Waals surface area contributed by atoms with E-state index in [9.17, 15) is 0 Å². The summed E-state index contributed by atoms with van der Waals surface area (Å²) in [5.41, 5.74) is 1.91. The maximum Gasteiger partial charge on any atom is 0.223 e. The zero-order valence-corrected chi connectivity index (χ0v) is 8.04. The molecule has 0 aromatic carbocycles. The lowest BCUT2D eigenvalue weighted by molar-refractivity contribution is 0.292. The fraction of sp³-hybridized carbons (Fsp3) is 0.556. The molecule has 4 heteroatoms. The molecule has 1 rings (SSSR count). The number of rotatable bonds is 4. The van der Waals surface area contributed by atoms with Gasteiger partial charge in [0.05, 0.1) is 0 Å². The molecule has 4 nitrogen and oxygen atoms in total. The highest BCUT2D eigenvalue weighted by Gasteiger charge is 1.97. The summed E-state index contributed by atoms with van der Waals surface area (Å²) in [7, 11) is 0. The largest absolute Gasteiger partial charge is 0.396 e. The van der Waals surface area contributed by atoms with Crippen LogP contribution in [-0.2, 0) is 0 Å². The first kappa shape index (κ1) is 9.92. The van der Waals surface area contributed by atoms with Crippen molar-refractivity contribution in [2.45, 2.75) is 20.3 Å². The lowest BCUT2D eigenvalue weighted by atomic mass is 10.3. The van der Waals surface area contributed by atoms with Crippen LogP contribution in [0.15, 0.2) is 6.07 Å². The number of hydrogen-bond acceptors (Lipinski definition) is 4. The Labute approximate surface area is 78.0 Å². The van der Waals surface area contributed by atoms with Gasteiger partial charge in [-0.25, -0.2) is 9.97 Å². The van der Waals surface area contributed by atoms with E-state index in [0.29, 0.717) is 12.5 Å². The van der Waals surface area contributed by atoms with Crippen LogP contribution in [0.25, 0.3) is 0 Å². The summed E-state index contributed by atoms with van der Waals surface area (Å²) in [6.07, 6.45) is 0.719.